The molecule has 1 atom stereocenters. The number of fused-ring (bicyclic) bond motifs is 3. The van der Waals surface area contributed by atoms with Crippen LogP contribution in [-0.2, 0) is 12.8 Å². The zero-order valence-electron chi connectivity index (χ0n) is 20.8. The summed E-state index contributed by atoms with van der Waals surface area (Å²) in [6.07, 6.45) is 8.24. The number of aromatic nitrogens is 1. The van der Waals surface area contributed by atoms with E-state index in [0.29, 0.717) is 5.39 Å². The maximum atomic E-state index is 11.4. The Balaban J connectivity index is 1.16. The molecule has 6 rings (SSSR count). The first-order valence-corrected chi connectivity index (χ1v) is 13.0. The molecule has 1 aliphatic carbocycles. The molecule has 4 aromatic rings. The highest BCUT2D eigenvalue weighted by atomic mass is 16.6. The quantitative estimate of drug-likeness (QED) is 0.267. The maximum Gasteiger partial charge on any atom is 0.277 e. The van der Waals surface area contributed by atoms with Crippen LogP contribution in [-0.4, -0.2) is 52.4 Å². The number of piperazine rings is 1. The van der Waals surface area contributed by atoms with Gasteiger partial charge in [-0.05, 0) is 52.6 Å². The molecule has 3 aromatic carbocycles. The molecule has 6 nitrogen and oxygen atoms in total. The third-order valence-electron chi connectivity index (χ3n) is 7.76. The van der Waals surface area contributed by atoms with Crippen LogP contribution < -0.4 is 0 Å². The van der Waals surface area contributed by atoms with Crippen molar-refractivity contribution >= 4 is 22.5 Å². The lowest BCUT2D eigenvalue weighted by molar-refractivity contribution is -0.383. The smallest absolute Gasteiger partial charge is 0.277 e. The number of hydrogen-bond donors (Lipinski definition) is 0. The van der Waals surface area contributed by atoms with Gasteiger partial charge in [0, 0.05) is 50.7 Å². The normalized spacial score (nSPS) is 18.4. The first kappa shape index (κ1) is 23.5. The predicted octanol–water partition coefficient (Wildman–Crippen LogP) is 5.66. The Bertz CT molecular complexity index is 1430. The standard InChI is InChI=1S/C31H30N4O2/c36-35(37)30-14-4-11-25-23(8-3-12-27(25)30)9-6-18-33-19-21-34(22-20-33)31-26-10-2-1-7-24(26)15-16-29-28(31)13-5-17-32-29/h1-14,17,31H,15-16,18-22H2/b9-6+. The van der Waals surface area contributed by atoms with Crippen molar-refractivity contribution in [2.24, 2.45) is 0 Å². The molecule has 1 fully saturated rings. The third kappa shape index (κ3) is 4.66. The number of nitrogens with zero attached hydrogens (tertiary/aromatic N) is 4. The lowest BCUT2D eigenvalue weighted by Crippen LogP contribution is -2.47. The molecular formula is C31H30N4O2. The van der Waals surface area contributed by atoms with E-state index in [1.54, 1.807) is 12.1 Å². The van der Waals surface area contributed by atoms with Crippen molar-refractivity contribution < 1.29 is 4.92 Å². The molecule has 6 heteroatoms. The molecule has 1 unspecified atom stereocenters. The van der Waals surface area contributed by atoms with Gasteiger partial charge in [-0.25, -0.2) is 0 Å². The van der Waals surface area contributed by atoms with Gasteiger partial charge in [-0.15, -0.1) is 0 Å². The van der Waals surface area contributed by atoms with E-state index < -0.39 is 0 Å². The molecule has 0 radical (unpaired) electrons. The highest BCUT2D eigenvalue weighted by molar-refractivity contribution is 5.96. The third-order valence-corrected chi connectivity index (χ3v) is 7.76. The molecular weight excluding hydrogens is 460 g/mol. The van der Waals surface area contributed by atoms with Crippen molar-refractivity contribution in [3.05, 3.63) is 123 Å². The SMILES string of the molecule is O=[N+]([O-])c1cccc2c(/C=C/CN3CCN(C4c5ccccc5CCc5ncccc54)CC3)cccc12. The molecule has 0 N–H and O–H groups in total. The minimum absolute atomic E-state index is 0.153. The number of rotatable bonds is 5. The summed E-state index contributed by atoms with van der Waals surface area (Å²) in [5, 5.41) is 13.0. The fourth-order valence-electron chi connectivity index (χ4n) is 5.91. The lowest BCUT2D eigenvalue weighted by Gasteiger charge is -2.40. The van der Waals surface area contributed by atoms with Crippen LogP contribution in [0.4, 0.5) is 5.69 Å². The number of non-ortho nitro benzene ring substituents is 1. The van der Waals surface area contributed by atoms with Gasteiger partial charge < -0.3 is 0 Å². The topological polar surface area (TPSA) is 62.5 Å². The van der Waals surface area contributed by atoms with Gasteiger partial charge in [0.1, 0.15) is 0 Å². The van der Waals surface area contributed by atoms with Crippen LogP contribution in [0.3, 0.4) is 0 Å². The number of nitro benzene ring substituents is 1. The Labute approximate surface area is 217 Å². The van der Waals surface area contributed by atoms with E-state index in [9.17, 15) is 10.1 Å². The second-order valence-electron chi connectivity index (χ2n) is 9.86. The molecule has 0 amide bonds. The summed E-state index contributed by atoms with van der Waals surface area (Å²) < 4.78 is 0. The van der Waals surface area contributed by atoms with Crippen LogP contribution in [0.1, 0.15) is 34.0 Å². The molecule has 2 aliphatic rings. The molecule has 1 aliphatic heterocycles. The summed E-state index contributed by atoms with van der Waals surface area (Å²) in [5.74, 6) is 0. The predicted molar refractivity (Wildman–Crippen MR) is 148 cm³/mol. The average molecular weight is 491 g/mol. The monoisotopic (exact) mass is 490 g/mol. The summed E-state index contributed by atoms with van der Waals surface area (Å²) in [5.41, 5.74) is 6.61. The van der Waals surface area contributed by atoms with Crippen LogP contribution in [0.2, 0.25) is 0 Å². The first-order valence-electron chi connectivity index (χ1n) is 13.0. The number of hydrogen-bond acceptors (Lipinski definition) is 5. The molecule has 0 bridgehead atoms. The van der Waals surface area contributed by atoms with Crippen molar-refractivity contribution in [1.29, 1.82) is 0 Å². The number of pyridine rings is 1. The van der Waals surface area contributed by atoms with E-state index in [-0.39, 0.29) is 16.7 Å². The van der Waals surface area contributed by atoms with Gasteiger partial charge in [0.25, 0.3) is 5.69 Å². The van der Waals surface area contributed by atoms with Crippen LogP contribution in [0, 0.1) is 10.1 Å². The van der Waals surface area contributed by atoms with Gasteiger partial charge in [-0.1, -0.05) is 66.7 Å². The maximum absolute atomic E-state index is 11.4. The van der Waals surface area contributed by atoms with E-state index in [1.165, 1.54) is 22.4 Å². The molecule has 1 aromatic heterocycles. The van der Waals surface area contributed by atoms with Crippen molar-refractivity contribution in [3.63, 3.8) is 0 Å². The van der Waals surface area contributed by atoms with Crippen molar-refractivity contribution in [2.45, 2.75) is 18.9 Å². The van der Waals surface area contributed by atoms with Gasteiger partial charge in [0.05, 0.1) is 16.4 Å². The van der Waals surface area contributed by atoms with E-state index in [4.69, 9.17) is 4.98 Å². The molecule has 1 saturated heterocycles. The lowest BCUT2D eigenvalue weighted by atomic mass is 9.94. The van der Waals surface area contributed by atoms with Crippen molar-refractivity contribution in [1.82, 2.24) is 14.8 Å². The molecule has 186 valence electrons. The van der Waals surface area contributed by atoms with Gasteiger partial charge in [-0.2, -0.15) is 0 Å². The largest absolute Gasteiger partial charge is 0.297 e. The minimum Gasteiger partial charge on any atom is -0.297 e. The van der Waals surface area contributed by atoms with Gasteiger partial charge in [0.15, 0.2) is 0 Å². The zero-order valence-corrected chi connectivity index (χ0v) is 20.8. The van der Waals surface area contributed by atoms with E-state index >= 15 is 0 Å². The second-order valence-corrected chi connectivity index (χ2v) is 9.86. The van der Waals surface area contributed by atoms with E-state index in [2.05, 4.69) is 58.4 Å². The Morgan fingerprint density at radius 3 is 2.51 bits per heavy atom. The van der Waals surface area contributed by atoms with Crippen LogP contribution in [0.5, 0.6) is 0 Å². The highest BCUT2D eigenvalue weighted by Crippen LogP contribution is 2.36. The van der Waals surface area contributed by atoms with Crippen LogP contribution in [0.25, 0.3) is 16.8 Å². The molecule has 0 saturated carbocycles. The Morgan fingerprint density at radius 2 is 1.65 bits per heavy atom. The van der Waals surface area contributed by atoms with Crippen LogP contribution in [0.15, 0.2) is 85.1 Å². The Morgan fingerprint density at radius 1 is 0.865 bits per heavy atom. The fraction of sp³-hybridized carbons (Fsp3) is 0.258. The fourth-order valence-corrected chi connectivity index (χ4v) is 5.91. The van der Waals surface area contributed by atoms with Gasteiger partial charge in [-0.3, -0.25) is 24.9 Å². The van der Waals surface area contributed by atoms with Gasteiger partial charge in [0.2, 0.25) is 0 Å². The molecule has 0 spiro atoms. The van der Waals surface area contributed by atoms with Crippen molar-refractivity contribution in [2.75, 3.05) is 32.7 Å². The zero-order chi connectivity index (χ0) is 25.2. The highest BCUT2D eigenvalue weighted by Gasteiger charge is 2.31. The summed E-state index contributed by atoms with van der Waals surface area (Å²) in [4.78, 5) is 21.0. The van der Waals surface area contributed by atoms with Crippen LogP contribution >= 0.6 is 0 Å². The van der Waals surface area contributed by atoms with E-state index in [0.717, 1.165) is 56.5 Å². The molecule has 2 heterocycles. The Kier molecular flexibility index (Phi) is 6.51. The summed E-state index contributed by atoms with van der Waals surface area (Å²) >= 11 is 0. The van der Waals surface area contributed by atoms with Crippen molar-refractivity contribution in [3.8, 4) is 0 Å². The first-order chi connectivity index (χ1) is 18.2. The Hall–Kier alpha value is -3.87. The van der Waals surface area contributed by atoms with E-state index in [1.807, 2.05) is 30.5 Å². The molecule has 37 heavy (non-hydrogen) atoms. The summed E-state index contributed by atoms with van der Waals surface area (Å²) in [6.45, 7) is 4.86. The second kappa shape index (κ2) is 10.2. The minimum atomic E-state index is -0.309. The average Bonchev–Trinajstić information content (AvgIpc) is 3.10. The van der Waals surface area contributed by atoms with Gasteiger partial charge >= 0.3 is 0 Å². The number of aryl methyl sites for hydroxylation is 2. The number of nitro groups is 1. The number of benzene rings is 3. The summed E-state index contributed by atoms with van der Waals surface area (Å²) in [7, 11) is 0. The summed E-state index contributed by atoms with van der Waals surface area (Å²) in [6, 6.07) is 24.5.